The molecule has 1 saturated heterocycles. The Kier molecular flexibility index (Phi) is 3.69. The normalized spacial score (nSPS) is 21.9. The maximum Gasteiger partial charge on any atom is 0.0391 e. The molecule has 0 bridgehead atoms. The van der Waals surface area contributed by atoms with E-state index >= 15 is 0 Å². The summed E-state index contributed by atoms with van der Waals surface area (Å²) in [5.74, 6) is 0. The molecular weight excluding hydrogens is 210 g/mol. The Balaban J connectivity index is 2.14. The topological polar surface area (TPSA) is 32.5 Å². The molecule has 17 heavy (non-hydrogen) atoms. The highest BCUT2D eigenvalue weighted by atomic mass is 15.3. The zero-order chi connectivity index (χ0) is 12.4. The number of hydrogen-bond acceptors (Lipinski definition) is 3. The van der Waals surface area contributed by atoms with Gasteiger partial charge in [-0.05, 0) is 44.2 Å². The molecule has 0 amide bonds. The summed E-state index contributed by atoms with van der Waals surface area (Å²) in [6.07, 6.45) is 0. The molecule has 1 aromatic carbocycles. The van der Waals surface area contributed by atoms with Gasteiger partial charge in [0, 0.05) is 37.9 Å². The Morgan fingerprint density at radius 2 is 2.00 bits per heavy atom. The first-order chi connectivity index (χ1) is 8.11. The van der Waals surface area contributed by atoms with Crippen molar-refractivity contribution in [1.82, 2.24) is 4.90 Å². The van der Waals surface area contributed by atoms with E-state index in [1.807, 2.05) is 0 Å². The maximum atomic E-state index is 5.82. The zero-order valence-electron chi connectivity index (χ0n) is 11.1. The standard InChI is InChI=1S/C14H23N3/c1-11-4-5-13(8-12(11)2)17-7-6-16(3)14(9-15)10-17/h4-5,8,14H,6-7,9-10,15H2,1-3H3. The molecule has 2 N–H and O–H groups in total. The van der Waals surface area contributed by atoms with Crippen LogP contribution in [0.4, 0.5) is 5.69 Å². The summed E-state index contributed by atoms with van der Waals surface area (Å²) >= 11 is 0. The van der Waals surface area contributed by atoms with E-state index in [2.05, 4.69) is 48.9 Å². The number of nitrogens with zero attached hydrogens (tertiary/aromatic N) is 2. The second-order valence-corrected chi connectivity index (χ2v) is 5.08. The Hall–Kier alpha value is -1.06. The van der Waals surface area contributed by atoms with Crippen LogP contribution < -0.4 is 10.6 Å². The van der Waals surface area contributed by atoms with E-state index in [-0.39, 0.29) is 0 Å². The van der Waals surface area contributed by atoms with Crippen molar-refractivity contribution in [3.63, 3.8) is 0 Å². The first-order valence-corrected chi connectivity index (χ1v) is 6.34. The Morgan fingerprint density at radius 1 is 1.24 bits per heavy atom. The minimum Gasteiger partial charge on any atom is -0.369 e. The van der Waals surface area contributed by atoms with Crippen molar-refractivity contribution in [3.8, 4) is 0 Å². The van der Waals surface area contributed by atoms with E-state index < -0.39 is 0 Å². The molecule has 3 nitrogen and oxygen atoms in total. The largest absolute Gasteiger partial charge is 0.369 e. The molecule has 0 aromatic heterocycles. The van der Waals surface area contributed by atoms with Crippen molar-refractivity contribution in [1.29, 1.82) is 0 Å². The minimum atomic E-state index is 0.477. The van der Waals surface area contributed by atoms with Crippen LogP contribution in [0.25, 0.3) is 0 Å². The van der Waals surface area contributed by atoms with Gasteiger partial charge >= 0.3 is 0 Å². The van der Waals surface area contributed by atoms with E-state index in [1.165, 1.54) is 16.8 Å². The first-order valence-electron chi connectivity index (χ1n) is 6.34. The lowest BCUT2D eigenvalue weighted by Crippen LogP contribution is -2.54. The molecule has 1 aromatic rings. The number of piperazine rings is 1. The SMILES string of the molecule is Cc1ccc(N2CCN(C)C(CN)C2)cc1C. The molecule has 94 valence electrons. The van der Waals surface area contributed by atoms with Crippen LogP contribution >= 0.6 is 0 Å². The molecule has 0 saturated carbocycles. The van der Waals surface area contributed by atoms with Gasteiger partial charge in [0.05, 0.1) is 0 Å². The quantitative estimate of drug-likeness (QED) is 0.837. The molecule has 1 heterocycles. The van der Waals surface area contributed by atoms with Gasteiger partial charge in [0.2, 0.25) is 0 Å². The van der Waals surface area contributed by atoms with Crippen molar-refractivity contribution in [2.75, 3.05) is 38.1 Å². The smallest absolute Gasteiger partial charge is 0.0391 e. The predicted molar refractivity (Wildman–Crippen MR) is 73.6 cm³/mol. The van der Waals surface area contributed by atoms with Gasteiger partial charge in [0.1, 0.15) is 0 Å². The molecule has 1 atom stereocenters. The number of hydrogen-bond donors (Lipinski definition) is 1. The van der Waals surface area contributed by atoms with Gasteiger partial charge in [-0.1, -0.05) is 6.07 Å². The van der Waals surface area contributed by atoms with Gasteiger partial charge in [-0.25, -0.2) is 0 Å². The average molecular weight is 233 g/mol. The summed E-state index contributed by atoms with van der Waals surface area (Å²) in [6, 6.07) is 7.20. The van der Waals surface area contributed by atoms with Crippen molar-refractivity contribution >= 4 is 5.69 Å². The van der Waals surface area contributed by atoms with E-state index in [9.17, 15) is 0 Å². The van der Waals surface area contributed by atoms with Crippen LogP contribution in [-0.2, 0) is 0 Å². The molecule has 0 aliphatic carbocycles. The van der Waals surface area contributed by atoms with Gasteiger partial charge in [0.15, 0.2) is 0 Å². The van der Waals surface area contributed by atoms with E-state index in [1.54, 1.807) is 0 Å². The van der Waals surface area contributed by atoms with Crippen LogP contribution in [0.1, 0.15) is 11.1 Å². The minimum absolute atomic E-state index is 0.477. The second-order valence-electron chi connectivity index (χ2n) is 5.08. The van der Waals surface area contributed by atoms with Crippen molar-refractivity contribution in [2.24, 2.45) is 5.73 Å². The lowest BCUT2D eigenvalue weighted by molar-refractivity contribution is 0.224. The summed E-state index contributed by atoms with van der Waals surface area (Å²) < 4.78 is 0. The molecule has 2 rings (SSSR count). The fourth-order valence-electron chi connectivity index (χ4n) is 2.36. The molecule has 1 fully saturated rings. The first kappa shape index (κ1) is 12.4. The van der Waals surface area contributed by atoms with E-state index in [0.717, 1.165) is 26.2 Å². The molecule has 0 radical (unpaired) electrons. The Morgan fingerprint density at radius 3 is 2.65 bits per heavy atom. The summed E-state index contributed by atoms with van der Waals surface area (Å²) in [7, 11) is 2.16. The maximum absolute atomic E-state index is 5.82. The van der Waals surface area contributed by atoms with Gasteiger partial charge in [0.25, 0.3) is 0 Å². The fourth-order valence-corrected chi connectivity index (χ4v) is 2.36. The van der Waals surface area contributed by atoms with Gasteiger partial charge in [-0.15, -0.1) is 0 Å². The summed E-state index contributed by atoms with van der Waals surface area (Å²) in [5.41, 5.74) is 9.88. The molecular formula is C14H23N3. The van der Waals surface area contributed by atoms with Gasteiger partial charge in [-0.3, -0.25) is 4.90 Å². The third kappa shape index (κ3) is 2.61. The average Bonchev–Trinajstić information content (AvgIpc) is 2.33. The number of rotatable bonds is 2. The number of anilines is 1. The lowest BCUT2D eigenvalue weighted by atomic mass is 10.1. The molecule has 1 unspecified atom stereocenters. The second kappa shape index (κ2) is 5.07. The van der Waals surface area contributed by atoms with Gasteiger partial charge < -0.3 is 10.6 Å². The summed E-state index contributed by atoms with van der Waals surface area (Å²) in [4.78, 5) is 4.81. The van der Waals surface area contributed by atoms with Crippen LogP contribution in [0.15, 0.2) is 18.2 Å². The number of nitrogens with two attached hydrogens (primary N) is 1. The third-order valence-corrected chi connectivity index (χ3v) is 3.90. The van der Waals surface area contributed by atoms with E-state index in [4.69, 9.17) is 5.73 Å². The molecule has 3 heteroatoms. The lowest BCUT2D eigenvalue weighted by Gasteiger charge is -2.40. The highest BCUT2D eigenvalue weighted by Crippen LogP contribution is 2.21. The molecule has 1 aliphatic rings. The molecule has 0 spiro atoms. The van der Waals surface area contributed by atoms with Crippen LogP contribution in [-0.4, -0.2) is 44.2 Å². The fraction of sp³-hybridized carbons (Fsp3) is 0.571. The highest BCUT2D eigenvalue weighted by molar-refractivity contribution is 5.51. The van der Waals surface area contributed by atoms with Crippen LogP contribution in [0.3, 0.4) is 0 Å². The van der Waals surface area contributed by atoms with Crippen molar-refractivity contribution in [2.45, 2.75) is 19.9 Å². The zero-order valence-corrected chi connectivity index (χ0v) is 11.1. The number of aryl methyl sites for hydroxylation is 2. The number of likely N-dealkylation sites (N-methyl/N-ethyl adjacent to an activating group) is 1. The van der Waals surface area contributed by atoms with Crippen LogP contribution in [0, 0.1) is 13.8 Å². The van der Waals surface area contributed by atoms with Gasteiger partial charge in [-0.2, -0.15) is 0 Å². The van der Waals surface area contributed by atoms with Crippen LogP contribution in [0.5, 0.6) is 0 Å². The molecule has 1 aliphatic heterocycles. The van der Waals surface area contributed by atoms with E-state index in [0.29, 0.717) is 6.04 Å². The summed E-state index contributed by atoms with van der Waals surface area (Å²) in [6.45, 7) is 8.29. The monoisotopic (exact) mass is 233 g/mol. The number of benzene rings is 1. The predicted octanol–water partition coefficient (Wildman–Crippen LogP) is 1.38. The van der Waals surface area contributed by atoms with Crippen molar-refractivity contribution < 1.29 is 0 Å². The Labute approximate surface area is 104 Å². The highest BCUT2D eigenvalue weighted by Gasteiger charge is 2.23. The van der Waals surface area contributed by atoms with Crippen LogP contribution in [0.2, 0.25) is 0 Å². The summed E-state index contributed by atoms with van der Waals surface area (Å²) in [5, 5.41) is 0. The third-order valence-electron chi connectivity index (χ3n) is 3.90. The van der Waals surface area contributed by atoms with Crippen molar-refractivity contribution in [3.05, 3.63) is 29.3 Å². The Bertz CT molecular complexity index is 389.